The Balaban J connectivity index is 2.34. The Morgan fingerprint density at radius 2 is 1.90 bits per heavy atom. The van der Waals surface area contributed by atoms with Crippen LogP contribution in [0.4, 0.5) is 11.6 Å². The van der Waals surface area contributed by atoms with Crippen molar-refractivity contribution in [1.29, 1.82) is 0 Å². The molecule has 1 aliphatic rings. The average molecular weight is 276 g/mol. The Morgan fingerprint density at radius 3 is 2.40 bits per heavy atom. The lowest BCUT2D eigenvalue weighted by molar-refractivity contribution is 0.417. The summed E-state index contributed by atoms with van der Waals surface area (Å²) in [6, 6.07) is 0. The van der Waals surface area contributed by atoms with E-state index < -0.39 is 0 Å². The molecule has 1 aliphatic carbocycles. The predicted octanol–water partition coefficient (Wildman–Crippen LogP) is 3.58. The summed E-state index contributed by atoms with van der Waals surface area (Å²) in [5, 5.41) is 3.38. The summed E-state index contributed by atoms with van der Waals surface area (Å²) in [6.07, 6.45) is 2.47. The molecule has 1 saturated carbocycles. The van der Waals surface area contributed by atoms with Gasteiger partial charge in [0.2, 0.25) is 0 Å². The largest absolute Gasteiger partial charge is 0.370 e. The minimum absolute atomic E-state index is 0.254. The second kappa shape index (κ2) is 5.58. The van der Waals surface area contributed by atoms with Gasteiger partial charge in [-0.15, -0.1) is 0 Å². The first-order valence-electron chi connectivity index (χ1n) is 7.65. The number of aromatic nitrogens is 2. The molecular formula is C16H28N4. The molecule has 1 heterocycles. The molecule has 0 spiro atoms. The Morgan fingerprint density at radius 1 is 1.25 bits per heavy atom. The van der Waals surface area contributed by atoms with Crippen molar-refractivity contribution >= 4 is 11.6 Å². The first kappa shape index (κ1) is 15.1. The van der Waals surface area contributed by atoms with E-state index in [9.17, 15) is 0 Å². The van der Waals surface area contributed by atoms with Crippen molar-refractivity contribution in [2.75, 3.05) is 30.4 Å². The van der Waals surface area contributed by atoms with Gasteiger partial charge in [-0.2, -0.15) is 0 Å². The molecule has 0 radical (unpaired) electrons. The van der Waals surface area contributed by atoms with Gasteiger partial charge in [0.1, 0.15) is 17.5 Å². The molecule has 0 atom stereocenters. The summed E-state index contributed by atoms with van der Waals surface area (Å²) in [5.41, 5.74) is 1.41. The average Bonchev–Trinajstić information content (AvgIpc) is 3.13. The summed E-state index contributed by atoms with van der Waals surface area (Å²) in [4.78, 5) is 11.8. The molecule has 1 fully saturated rings. The van der Waals surface area contributed by atoms with Crippen LogP contribution in [0.1, 0.15) is 57.8 Å². The number of rotatable bonds is 5. The lowest BCUT2D eigenvalue weighted by Crippen LogP contribution is -2.31. The Bertz CT molecular complexity index is 472. The van der Waals surface area contributed by atoms with Crippen LogP contribution in [0.5, 0.6) is 0 Å². The zero-order chi connectivity index (χ0) is 14.9. The number of hydrogen-bond donors (Lipinski definition) is 1. The maximum atomic E-state index is 4.84. The molecule has 0 unspecified atom stereocenters. The van der Waals surface area contributed by atoms with Crippen molar-refractivity contribution in [3.63, 3.8) is 0 Å². The topological polar surface area (TPSA) is 41.1 Å². The highest BCUT2D eigenvalue weighted by atomic mass is 15.2. The van der Waals surface area contributed by atoms with E-state index in [1.807, 2.05) is 0 Å². The first-order chi connectivity index (χ1) is 9.31. The molecule has 0 amide bonds. The smallest absolute Gasteiger partial charge is 0.137 e. The van der Waals surface area contributed by atoms with E-state index in [0.29, 0.717) is 5.92 Å². The fourth-order valence-corrected chi connectivity index (χ4v) is 2.54. The highest BCUT2D eigenvalue weighted by Crippen LogP contribution is 2.40. The summed E-state index contributed by atoms with van der Waals surface area (Å²) >= 11 is 0. The van der Waals surface area contributed by atoms with E-state index in [0.717, 1.165) is 36.1 Å². The zero-order valence-electron chi connectivity index (χ0n) is 13.7. The van der Waals surface area contributed by atoms with Crippen molar-refractivity contribution in [2.45, 2.75) is 53.4 Å². The van der Waals surface area contributed by atoms with Gasteiger partial charge in [-0.1, -0.05) is 20.8 Å². The predicted molar refractivity (Wildman–Crippen MR) is 85.6 cm³/mol. The van der Waals surface area contributed by atoms with Gasteiger partial charge in [0.05, 0.1) is 0 Å². The van der Waals surface area contributed by atoms with Gasteiger partial charge in [-0.25, -0.2) is 9.97 Å². The highest BCUT2D eigenvalue weighted by Gasteiger charge is 2.29. The van der Waals surface area contributed by atoms with Crippen LogP contribution in [-0.2, 0) is 0 Å². The van der Waals surface area contributed by atoms with E-state index in [1.165, 1.54) is 12.8 Å². The van der Waals surface area contributed by atoms with Crippen LogP contribution in [0.15, 0.2) is 0 Å². The molecule has 4 heteroatoms. The zero-order valence-corrected chi connectivity index (χ0v) is 13.7. The van der Waals surface area contributed by atoms with Gasteiger partial charge >= 0.3 is 0 Å². The third-order valence-corrected chi connectivity index (χ3v) is 3.50. The van der Waals surface area contributed by atoms with Crippen LogP contribution in [0.25, 0.3) is 0 Å². The summed E-state index contributed by atoms with van der Waals surface area (Å²) in [5.74, 6) is 3.67. The van der Waals surface area contributed by atoms with Gasteiger partial charge in [-0.3, -0.25) is 0 Å². The second-order valence-electron chi connectivity index (χ2n) is 7.10. The van der Waals surface area contributed by atoms with E-state index in [1.54, 1.807) is 0 Å². The molecule has 20 heavy (non-hydrogen) atoms. The molecule has 0 aliphatic heterocycles. The van der Waals surface area contributed by atoms with E-state index in [4.69, 9.17) is 9.97 Å². The van der Waals surface area contributed by atoms with Crippen LogP contribution >= 0.6 is 0 Å². The Hall–Kier alpha value is -1.32. The molecule has 1 aromatic heterocycles. The van der Waals surface area contributed by atoms with Gasteiger partial charge in [0, 0.05) is 31.6 Å². The van der Waals surface area contributed by atoms with Crippen molar-refractivity contribution in [3.8, 4) is 0 Å². The molecule has 2 rings (SSSR count). The molecule has 1 aromatic rings. The summed E-state index contributed by atoms with van der Waals surface area (Å²) < 4.78 is 0. The van der Waals surface area contributed by atoms with E-state index >= 15 is 0 Å². The second-order valence-corrected chi connectivity index (χ2v) is 7.10. The van der Waals surface area contributed by atoms with Gasteiger partial charge in [0.25, 0.3) is 0 Å². The normalized spacial score (nSPS) is 15.3. The minimum Gasteiger partial charge on any atom is -0.370 e. The van der Waals surface area contributed by atoms with Crippen molar-refractivity contribution in [1.82, 2.24) is 9.97 Å². The van der Waals surface area contributed by atoms with Crippen molar-refractivity contribution < 1.29 is 0 Å². The maximum Gasteiger partial charge on any atom is 0.137 e. The fourth-order valence-electron chi connectivity index (χ4n) is 2.54. The first-order valence-corrected chi connectivity index (χ1v) is 7.65. The lowest BCUT2D eigenvalue weighted by atomic mass is 9.96. The standard InChI is InChI=1S/C16H28N4/c1-7-17-13-11(2)15(20(6)10-16(3,4)5)19-14(18-13)12-8-9-12/h12H,7-10H2,1-6H3,(H,17,18,19). The number of nitrogens with one attached hydrogen (secondary N) is 1. The maximum absolute atomic E-state index is 4.84. The highest BCUT2D eigenvalue weighted by molar-refractivity contribution is 5.58. The number of nitrogens with zero attached hydrogens (tertiary/aromatic N) is 3. The quantitative estimate of drug-likeness (QED) is 0.892. The van der Waals surface area contributed by atoms with Crippen molar-refractivity contribution in [2.24, 2.45) is 5.41 Å². The van der Waals surface area contributed by atoms with Crippen molar-refractivity contribution in [3.05, 3.63) is 11.4 Å². The fraction of sp³-hybridized carbons (Fsp3) is 0.750. The van der Waals surface area contributed by atoms with Crippen LogP contribution in [-0.4, -0.2) is 30.1 Å². The van der Waals surface area contributed by atoms with E-state index in [-0.39, 0.29) is 5.41 Å². The van der Waals surface area contributed by atoms with Gasteiger partial charge in [-0.05, 0) is 32.1 Å². The lowest BCUT2D eigenvalue weighted by Gasteiger charge is -2.29. The van der Waals surface area contributed by atoms with Crippen LogP contribution in [0.3, 0.4) is 0 Å². The molecule has 112 valence electrons. The van der Waals surface area contributed by atoms with Crippen LogP contribution in [0.2, 0.25) is 0 Å². The summed E-state index contributed by atoms with van der Waals surface area (Å²) in [7, 11) is 2.13. The summed E-state index contributed by atoms with van der Waals surface area (Å²) in [6.45, 7) is 12.9. The molecule has 4 nitrogen and oxygen atoms in total. The number of hydrogen-bond acceptors (Lipinski definition) is 4. The van der Waals surface area contributed by atoms with Crippen LogP contribution in [0, 0.1) is 12.3 Å². The third-order valence-electron chi connectivity index (χ3n) is 3.50. The molecule has 0 bridgehead atoms. The molecular weight excluding hydrogens is 248 g/mol. The minimum atomic E-state index is 0.254. The SMILES string of the molecule is CCNc1nc(C2CC2)nc(N(C)CC(C)(C)C)c1C. The molecule has 0 aromatic carbocycles. The Labute approximate surface area is 123 Å². The molecule has 0 saturated heterocycles. The third kappa shape index (κ3) is 3.62. The van der Waals surface area contributed by atoms with E-state index in [2.05, 4.69) is 51.9 Å². The van der Waals surface area contributed by atoms with Gasteiger partial charge in [0.15, 0.2) is 0 Å². The monoisotopic (exact) mass is 276 g/mol. The number of anilines is 2. The van der Waals surface area contributed by atoms with Gasteiger partial charge < -0.3 is 10.2 Å². The Kier molecular flexibility index (Phi) is 4.21. The van der Waals surface area contributed by atoms with Crippen LogP contribution < -0.4 is 10.2 Å². The molecule has 1 N–H and O–H groups in total.